The molecule has 1 aromatic heterocycles. The molecule has 1 aromatic carbocycles. The zero-order valence-corrected chi connectivity index (χ0v) is 12.6. The zero-order valence-electron chi connectivity index (χ0n) is 11.8. The third-order valence-corrected chi connectivity index (χ3v) is 4.22. The summed E-state index contributed by atoms with van der Waals surface area (Å²) in [7, 11) is 0. The van der Waals surface area contributed by atoms with Crippen molar-refractivity contribution >= 4 is 22.6 Å². The SMILES string of the molecule is CCC(c1nc2ccc(Cl)cc2[nH]1)N1CCCNCC1. The lowest BCUT2D eigenvalue weighted by molar-refractivity contribution is 0.198. The van der Waals surface area contributed by atoms with Crippen molar-refractivity contribution in [2.75, 3.05) is 26.2 Å². The van der Waals surface area contributed by atoms with Crippen LogP contribution < -0.4 is 5.32 Å². The summed E-state index contributed by atoms with van der Waals surface area (Å²) in [5, 5.41) is 4.20. The van der Waals surface area contributed by atoms with Gasteiger partial charge in [-0.1, -0.05) is 18.5 Å². The van der Waals surface area contributed by atoms with E-state index >= 15 is 0 Å². The summed E-state index contributed by atoms with van der Waals surface area (Å²) in [6, 6.07) is 6.19. The highest BCUT2D eigenvalue weighted by Gasteiger charge is 2.22. The Bertz CT molecular complexity index is 572. The first-order valence-electron chi connectivity index (χ1n) is 7.38. The normalized spacial score (nSPS) is 19.1. The van der Waals surface area contributed by atoms with Gasteiger partial charge in [0.1, 0.15) is 5.82 Å². The molecule has 0 radical (unpaired) electrons. The molecule has 2 N–H and O–H groups in total. The van der Waals surface area contributed by atoms with Gasteiger partial charge >= 0.3 is 0 Å². The van der Waals surface area contributed by atoms with Gasteiger partial charge in [-0.25, -0.2) is 4.98 Å². The van der Waals surface area contributed by atoms with Gasteiger partial charge in [-0.2, -0.15) is 0 Å². The first-order chi connectivity index (χ1) is 9.78. The Balaban J connectivity index is 1.89. The van der Waals surface area contributed by atoms with E-state index in [0.29, 0.717) is 6.04 Å². The second kappa shape index (κ2) is 6.12. The van der Waals surface area contributed by atoms with Crippen LogP contribution in [0.4, 0.5) is 0 Å². The number of nitrogens with one attached hydrogen (secondary N) is 2. The average Bonchev–Trinajstić information content (AvgIpc) is 2.67. The van der Waals surface area contributed by atoms with E-state index in [1.165, 1.54) is 6.42 Å². The van der Waals surface area contributed by atoms with Crippen LogP contribution in [0.25, 0.3) is 11.0 Å². The summed E-state index contributed by atoms with van der Waals surface area (Å²) in [4.78, 5) is 10.7. The van der Waals surface area contributed by atoms with E-state index < -0.39 is 0 Å². The molecule has 1 aliphatic heterocycles. The summed E-state index contributed by atoms with van der Waals surface area (Å²) >= 11 is 6.05. The molecule has 1 atom stereocenters. The maximum Gasteiger partial charge on any atom is 0.124 e. The van der Waals surface area contributed by atoms with E-state index in [1.54, 1.807) is 0 Å². The third kappa shape index (κ3) is 2.82. The van der Waals surface area contributed by atoms with Crippen molar-refractivity contribution in [1.29, 1.82) is 0 Å². The van der Waals surface area contributed by atoms with E-state index in [0.717, 1.165) is 54.5 Å². The number of halogens is 1. The summed E-state index contributed by atoms with van der Waals surface area (Å²) in [6.07, 6.45) is 2.26. The highest BCUT2D eigenvalue weighted by Crippen LogP contribution is 2.26. The number of aromatic amines is 1. The lowest BCUT2D eigenvalue weighted by Crippen LogP contribution is -2.32. The Morgan fingerprint density at radius 2 is 2.25 bits per heavy atom. The molecule has 20 heavy (non-hydrogen) atoms. The summed E-state index contributed by atoms with van der Waals surface area (Å²) in [5.74, 6) is 1.06. The maximum absolute atomic E-state index is 6.05. The lowest BCUT2D eigenvalue weighted by Gasteiger charge is -2.27. The molecule has 0 saturated carbocycles. The standard InChI is InChI=1S/C15H21ClN4/c1-2-14(20-8-3-6-17-7-9-20)15-18-12-5-4-11(16)10-13(12)19-15/h4-5,10,14,17H,2-3,6-9H2,1H3,(H,18,19). The number of imidazole rings is 1. The second-order valence-electron chi connectivity index (χ2n) is 5.35. The van der Waals surface area contributed by atoms with Gasteiger partial charge in [0.25, 0.3) is 0 Å². The van der Waals surface area contributed by atoms with Crippen LogP contribution in [0.1, 0.15) is 31.6 Å². The molecule has 0 amide bonds. The minimum Gasteiger partial charge on any atom is -0.341 e. The fraction of sp³-hybridized carbons (Fsp3) is 0.533. The number of fused-ring (bicyclic) bond motifs is 1. The van der Waals surface area contributed by atoms with Crippen molar-refractivity contribution in [3.8, 4) is 0 Å². The molecular formula is C15H21ClN4. The van der Waals surface area contributed by atoms with Gasteiger partial charge in [-0.3, -0.25) is 4.90 Å². The molecule has 3 rings (SSSR count). The van der Waals surface area contributed by atoms with Gasteiger partial charge in [-0.15, -0.1) is 0 Å². The second-order valence-corrected chi connectivity index (χ2v) is 5.78. The van der Waals surface area contributed by atoms with E-state index in [9.17, 15) is 0 Å². The summed E-state index contributed by atoms with van der Waals surface area (Å²) in [6.45, 7) is 6.61. The number of nitrogens with zero attached hydrogens (tertiary/aromatic N) is 2. The van der Waals surface area contributed by atoms with Gasteiger partial charge in [-0.05, 0) is 37.6 Å². The highest BCUT2D eigenvalue weighted by molar-refractivity contribution is 6.31. The number of benzene rings is 1. The Hall–Kier alpha value is -1.10. The molecule has 0 aliphatic carbocycles. The van der Waals surface area contributed by atoms with Gasteiger partial charge in [0.15, 0.2) is 0 Å². The molecule has 2 aromatic rings. The van der Waals surface area contributed by atoms with Crippen LogP contribution >= 0.6 is 11.6 Å². The minimum atomic E-state index is 0.362. The fourth-order valence-corrected chi connectivity index (χ4v) is 3.13. The van der Waals surface area contributed by atoms with Crippen LogP contribution in [0.5, 0.6) is 0 Å². The Morgan fingerprint density at radius 3 is 3.10 bits per heavy atom. The Labute approximate surface area is 124 Å². The smallest absolute Gasteiger partial charge is 0.124 e. The quantitative estimate of drug-likeness (QED) is 0.914. The summed E-state index contributed by atoms with van der Waals surface area (Å²) < 4.78 is 0. The predicted molar refractivity (Wildman–Crippen MR) is 83.2 cm³/mol. The molecule has 5 heteroatoms. The molecule has 1 fully saturated rings. The molecule has 1 saturated heterocycles. The van der Waals surface area contributed by atoms with Crippen molar-refractivity contribution in [3.63, 3.8) is 0 Å². The number of hydrogen-bond donors (Lipinski definition) is 2. The van der Waals surface area contributed by atoms with Crippen LogP contribution in [-0.4, -0.2) is 41.0 Å². The first kappa shape index (κ1) is 13.9. The van der Waals surface area contributed by atoms with Crippen LogP contribution in [-0.2, 0) is 0 Å². The Kier molecular flexibility index (Phi) is 4.24. The van der Waals surface area contributed by atoms with Crippen molar-refractivity contribution in [3.05, 3.63) is 29.0 Å². The molecule has 1 aliphatic rings. The monoisotopic (exact) mass is 292 g/mol. The van der Waals surface area contributed by atoms with Crippen LogP contribution in [0.3, 0.4) is 0 Å². The average molecular weight is 293 g/mol. The van der Waals surface area contributed by atoms with Gasteiger partial charge in [0.2, 0.25) is 0 Å². The summed E-state index contributed by atoms with van der Waals surface area (Å²) in [5.41, 5.74) is 2.02. The molecule has 0 spiro atoms. The van der Waals surface area contributed by atoms with Crippen molar-refractivity contribution < 1.29 is 0 Å². The van der Waals surface area contributed by atoms with E-state index in [-0.39, 0.29) is 0 Å². The number of rotatable bonds is 3. The number of H-pyrrole nitrogens is 1. The van der Waals surface area contributed by atoms with Crippen LogP contribution in [0.15, 0.2) is 18.2 Å². The third-order valence-electron chi connectivity index (χ3n) is 3.98. The van der Waals surface area contributed by atoms with Crippen molar-refractivity contribution in [1.82, 2.24) is 20.2 Å². The molecule has 4 nitrogen and oxygen atoms in total. The Morgan fingerprint density at radius 1 is 1.35 bits per heavy atom. The van der Waals surface area contributed by atoms with Gasteiger partial charge in [0, 0.05) is 24.7 Å². The highest BCUT2D eigenvalue weighted by atomic mass is 35.5. The maximum atomic E-state index is 6.05. The topological polar surface area (TPSA) is 44.0 Å². The largest absolute Gasteiger partial charge is 0.341 e. The lowest BCUT2D eigenvalue weighted by atomic mass is 10.1. The predicted octanol–water partition coefficient (Wildman–Crippen LogP) is 2.96. The molecule has 2 heterocycles. The van der Waals surface area contributed by atoms with Crippen LogP contribution in [0, 0.1) is 0 Å². The van der Waals surface area contributed by atoms with Gasteiger partial charge < -0.3 is 10.3 Å². The van der Waals surface area contributed by atoms with Gasteiger partial charge in [0.05, 0.1) is 17.1 Å². The van der Waals surface area contributed by atoms with E-state index in [4.69, 9.17) is 16.6 Å². The molecule has 1 unspecified atom stereocenters. The first-order valence-corrected chi connectivity index (χ1v) is 7.75. The van der Waals surface area contributed by atoms with Crippen molar-refractivity contribution in [2.24, 2.45) is 0 Å². The van der Waals surface area contributed by atoms with Crippen molar-refractivity contribution in [2.45, 2.75) is 25.8 Å². The molecule has 0 bridgehead atoms. The fourth-order valence-electron chi connectivity index (χ4n) is 2.96. The van der Waals surface area contributed by atoms with E-state index in [2.05, 4.69) is 22.1 Å². The zero-order chi connectivity index (χ0) is 13.9. The van der Waals surface area contributed by atoms with Crippen LogP contribution in [0.2, 0.25) is 5.02 Å². The minimum absolute atomic E-state index is 0.362. The number of hydrogen-bond acceptors (Lipinski definition) is 3. The van der Waals surface area contributed by atoms with E-state index in [1.807, 2.05) is 18.2 Å². The molecule has 108 valence electrons. The molecular weight excluding hydrogens is 272 g/mol. The number of aromatic nitrogens is 2.